The van der Waals surface area contributed by atoms with Crippen molar-refractivity contribution in [1.29, 1.82) is 0 Å². The van der Waals surface area contributed by atoms with E-state index in [2.05, 4.69) is 0 Å². The van der Waals surface area contributed by atoms with E-state index in [1.165, 1.54) is 0 Å². The molecule has 15 heavy (non-hydrogen) atoms. The molecule has 2 saturated carbocycles. The molecule has 0 atom stereocenters. The Kier molecular flexibility index (Phi) is 1.70. The van der Waals surface area contributed by atoms with Gasteiger partial charge in [0.1, 0.15) is 5.75 Å². The largest absolute Gasteiger partial charge is 0.508 e. The van der Waals surface area contributed by atoms with Gasteiger partial charge in [0.2, 0.25) is 0 Å². The highest BCUT2D eigenvalue weighted by Crippen LogP contribution is 2.65. The minimum atomic E-state index is -0.0572. The Labute approximate surface area is 94.0 Å². The highest BCUT2D eigenvalue weighted by molar-refractivity contribution is 6.30. The second-order valence-corrected chi connectivity index (χ2v) is 5.34. The van der Waals surface area contributed by atoms with Crippen molar-refractivity contribution in [3.05, 3.63) is 28.8 Å². The number of rotatable bonds is 2. The fourth-order valence-corrected chi connectivity index (χ4v) is 2.85. The minimum absolute atomic E-state index is 0.0433. The third kappa shape index (κ3) is 1.21. The number of benzene rings is 1. The summed E-state index contributed by atoms with van der Waals surface area (Å²) < 4.78 is 0. The van der Waals surface area contributed by atoms with Crippen LogP contribution in [0.2, 0.25) is 5.02 Å². The van der Waals surface area contributed by atoms with Crippen LogP contribution < -0.4 is 5.73 Å². The number of phenolic OH excluding ortho intramolecular Hbond substituents is 1. The summed E-state index contributed by atoms with van der Waals surface area (Å²) in [6.45, 7) is 0. The van der Waals surface area contributed by atoms with Crippen LogP contribution in [0.5, 0.6) is 5.75 Å². The van der Waals surface area contributed by atoms with Crippen LogP contribution in [0, 0.1) is 0 Å². The first-order valence-electron chi connectivity index (χ1n) is 5.35. The molecular formula is C12H14ClNO. The Bertz CT molecular complexity index is 422. The van der Waals surface area contributed by atoms with E-state index >= 15 is 0 Å². The second kappa shape index (κ2) is 2.69. The van der Waals surface area contributed by atoms with E-state index < -0.39 is 0 Å². The SMILES string of the molecule is NC1(C2(c3ccc(Cl)cc3O)CC2)CC1. The highest BCUT2D eigenvalue weighted by atomic mass is 35.5. The molecule has 0 heterocycles. The van der Waals surface area contributed by atoms with E-state index in [-0.39, 0.29) is 11.0 Å². The van der Waals surface area contributed by atoms with Crippen LogP contribution in [0.25, 0.3) is 0 Å². The molecule has 2 aliphatic carbocycles. The van der Waals surface area contributed by atoms with Gasteiger partial charge in [0.05, 0.1) is 0 Å². The number of nitrogens with two attached hydrogens (primary N) is 1. The molecule has 0 aromatic heterocycles. The average molecular weight is 224 g/mol. The molecular weight excluding hydrogens is 210 g/mol. The van der Waals surface area contributed by atoms with Crippen molar-refractivity contribution in [1.82, 2.24) is 0 Å². The first-order chi connectivity index (χ1) is 7.07. The molecule has 2 fully saturated rings. The van der Waals surface area contributed by atoms with Crippen LogP contribution in [0.1, 0.15) is 31.2 Å². The van der Waals surface area contributed by atoms with Gasteiger partial charge >= 0.3 is 0 Å². The van der Waals surface area contributed by atoms with Crippen LogP contribution in [0.3, 0.4) is 0 Å². The molecule has 3 rings (SSSR count). The number of hydrogen-bond donors (Lipinski definition) is 2. The monoisotopic (exact) mass is 223 g/mol. The zero-order valence-electron chi connectivity index (χ0n) is 8.46. The molecule has 2 nitrogen and oxygen atoms in total. The lowest BCUT2D eigenvalue weighted by molar-refractivity contribution is 0.434. The van der Waals surface area contributed by atoms with Crippen LogP contribution in [0.4, 0.5) is 0 Å². The molecule has 0 bridgehead atoms. The van der Waals surface area contributed by atoms with Gasteiger partial charge in [-0.25, -0.2) is 0 Å². The van der Waals surface area contributed by atoms with E-state index in [4.69, 9.17) is 17.3 Å². The van der Waals surface area contributed by atoms with Crippen molar-refractivity contribution in [3.63, 3.8) is 0 Å². The van der Waals surface area contributed by atoms with E-state index in [9.17, 15) is 5.11 Å². The fourth-order valence-electron chi connectivity index (χ4n) is 2.68. The molecule has 0 aliphatic heterocycles. The number of phenols is 1. The summed E-state index contributed by atoms with van der Waals surface area (Å²) in [6.07, 6.45) is 4.35. The minimum Gasteiger partial charge on any atom is -0.508 e. The second-order valence-electron chi connectivity index (χ2n) is 4.90. The van der Waals surface area contributed by atoms with Crippen LogP contribution in [-0.2, 0) is 5.41 Å². The Morgan fingerprint density at radius 3 is 2.33 bits per heavy atom. The number of hydrogen-bond acceptors (Lipinski definition) is 2. The standard InChI is InChI=1S/C12H14ClNO/c13-8-1-2-9(10(15)7-8)11(3-4-11)12(14)5-6-12/h1-2,7,15H,3-6,14H2. The van der Waals surface area contributed by atoms with Crippen molar-refractivity contribution in [2.75, 3.05) is 0 Å². The summed E-state index contributed by atoms with van der Waals surface area (Å²) in [4.78, 5) is 0. The summed E-state index contributed by atoms with van der Waals surface area (Å²) in [6, 6.07) is 5.38. The van der Waals surface area contributed by atoms with Crippen molar-refractivity contribution in [3.8, 4) is 5.75 Å². The van der Waals surface area contributed by atoms with Gasteiger partial charge in [0, 0.05) is 21.5 Å². The lowest BCUT2D eigenvalue weighted by atomic mass is 9.85. The summed E-state index contributed by atoms with van der Waals surface area (Å²) >= 11 is 5.83. The molecule has 3 heteroatoms. The Hall–Kier alpha value is -0.730. The Morgan fingerprint density at radius 2 is 1.87 bits per heavy atom. The third-order valence-electron chi connectivity index (χ3n) is 3.97. The maximum atomic E-state index is 9.92. The molecule has 3 N–H and O–H groups in total. The molecule has 2 aliphatic rings. The van der Waals surface area contributed by atoms with Crippen LogP contribution in [-0.4, -0.2) is 10.6 Å². The van der Waals surface area contributed by atoms with Gasteiger partial charge in [-0.2, -0.15) is 0 Å². The van der Waals surface area contributed by atoms with E-state index in [1.807, 2.05) is 12.1 Å². The predicted molar refractivity (Wildman–Crippen MR) is 60.2 cm³/mol. The van der Waals surface area contributed by atoms with Crippen molar-refractivity contribution in [2.24, 2.45) is 5.73 Å². The van der Waals surface area contributed by atoms with Crippen molar-refractivity contribution >= 4 is 11.6 Å². The molecule has 0 spiro atoms. The molecule has 1 aromatic carbocycles. The summed E-state index contributed by atoms with van der Waals surface area (Å²) in [7, 11) is 0. The Morgan fingerprint density at radius 1 is 1.20 bits per heavy atom. The summed E-state index contributed by atoms with van der Waals surface area (Å²) in [5, 5.41) is 10.5. The molecule has 0 amide bonds. The first kappa shape index (κ1) is 9.49. The van der Waals surface area contributed by atoms with Crippen LogP contribution in [0.15, 0.2) is 18.2 Å². The molecule has 80 valence electrons. The highest BCUT2D eigenvalue weighted by Gasteiger charge is 2.64. The third-order valence-corrected chi connectivity index (χ3v) is 4.20. The molecule has 0 saturated heterocycles. The Balaban J connectivity index is 2.06. The molecule has 1 aromatic rings. The maximum absolute atomic E-state index is 9.92. The normalized spacial score (nSPS) is 24.9. The first-order valence-corrected chi connectivity index (χ1v) is 5.73. The molecule has 0 radical (unpaired) electrons. The topological polar surface area (TPSA) is 46.2 Å². The zero-order valence-corrected chi connectivity index (χ0v) is 9.22. The summed E-state index contributed by atoms with van der Waals surface area (Å²) in [5.74, 6) is 0.303. The lowest BCUT2D eigenvalue weighted by Crippen LogP contribution is -2.37. The lowest BCUT2D eigenvalue weighted by Gasteiger charge is -2.24. The van der Waals surface area contributed by atoms with Crippen molar-refractivity contribution < 1.29 is 5.11 Å². The fraction of sp³-hybridized carbons (Fsp3) is 0.500. The summed E-state index contributed by atoms with van der Waals surface area (Å²) in [5.41, 5.74) is 7.26. The van der Waals surface area contributed by atoms with Gasteiger partial charge in [0.15, 0.2) is 0 Å². The van der Waals surface area contributed by atoms with Crippen molar-refractivity contribution in [2.45, 2.75) is 36.6 Å². The van der Waals surface area contributed by atoms with Gasteiger partial charge in [-0.3, -0.25) is 0 Å². The van der Waals surface area contributed by atoms with E-state index in [0.717, 1.165) is 31.2 Å². The number of halogens is 1. The predicted octanol–water partition coefficient (Wildman–Crippen LogP) is 2.57. The van der Waals surface area contributed by atoms with Gasteiger partial charge in [-0.1, -0.05) is 17.7 Å². The van der Waals surface area contributed by atoms with E-state index in [0.29, 0.717) is 10.8 Å². The smallest absolute Gasteiger partial charge is 0.120 e. The number of aromatic hydroxyl groups is 1. The molecule has 0 unspecified atom stereocenters. The van der Waals surface area contributed by atoms with Gasteiger partial charge in [-0.05, 0) is 37.8 Å². The zero-order chi connectivity index (χ0) is 10.7. The van der Waals surface area contributed by atoms with Crippen LogP contribution >= 0.6 is 11.6 Å². The van der Waals surface area contributed by atoms with Gasteiger partial charge in [0.25, 0.3) is 0 Å². The van der Waals surface area contributed by atoms with Gasteiger partial charge < -0.3 is 10.8 Å². The van der Waals surface area contributed by atoms with Gasteiger partial charge in [-0.15, -0.1) is 0 Å². The quantitative estimate of drug-likeness (QED) is 0.810. The average Bonchev–Trinajstić information content (AvgIpc) is 3.01. The van der Waals surface area contributed by atoms with E-state index in [1.54, 1.807) is 6.07 Å². The maximum Gasteiger partial charge on any atom is 0.120 e.